The first kappa shape index (κ1) is 16.0. The SMILES string of the molecule is Cc1ccc(C)c(Nc2nc(C)cc(N(C)c3ccccc3)n2)c1. The molecule has 3 rings (SSSR count). The van der Waals surface area contributed by atoms with Crippen LogP contribution in [0.15, 0.2) is 54.6 Å². The number of nitrogens with one attached hydrogen (secondary N) is 1. The number of hydrogen-bond acceptors (Lipinski definition) is 4. The van der Waals surface area contributed by atoms with Gasteiger partial charge in [-0.3, -0.25) is 0 Å². The highest BCUT2D eigenvalue weighted by atomic mass is 15.2. The van der Waals surface area contributed by atoms with E-state index in [-0.39, 0.29) is 0 Å². The molecule has 1 aromatic heterocycles. The molecule has 0 aliphatic carbocycles. The van der Waals surface area contributed by atoms with Crippen LogP contribution in [0.25, 0.3) is 0 Å². The topological polar surface area (TPSA) is 41.1 Å². The molecule has 0 bridgehead atoms. The molecule has 0 saturated heterocycles. The Kier molecular flexibility index (Phi) is 4.47. The van der Waals surface area contributed by atoms with E-state index in [1.54, 1.807) is 0 Å². The second-order valence-corrected chi connectivity index (χ2v) is 6.03. The number of anilines is 4. The lowest BCUT2D eigenvalue weighted by Gasteiger charge is -2.19. The van der Waals surface area contributed by atoms with Gasteiger partial charge in [0.15, 0.2) is 0 Å². The highest BCUT2D eigenvalue weighted by Gasteiger charge is 2.09. The summed E-state index contributed by atoms with van der Waals surface area (Å²) in [6.45, 7) is 6.14. The van der Waals surface area contributed by atoms with Gasteiger partial charge < -0.3 is 10.2 Å². The van der Waals surface area contributed by atoms with Crippen molar-refractivity contribution in [2.24, 2.45) is 0 Å². The molecule has 0 spiro atoms. The van der Waals surface area contributed by atoms with Crippen molar-refractivity contribution in [1.82, 2.24) is 9.97 Å². The lowest BCUT2D eigenvalue weighted by molar-refractivity contribution is 1.05. The van der Waals surface area contributed by atoms with Crippen LogP contribution in [-0.4, -0.2) is 17.0 Å². The predicted molar refractivity (Wildman–Crippen MR) is 100 cm³/mol. The Morgan fingerprint density at radius 2 is 1.62 bits per heavy atom. The Labute approximate surface area is 143 Å². The molecule has 0 radical (unpaired) electrons. The van der Waals surface area contributed by atoms with Gasteiger partial charge in [0.25, 0.3) is 0 Å². The van der Waals surface area contributed by atoms with E-state index in [1.807, 2.05) is 38.2 Å². The molecule has 0 aliphatic rings. The molecule has 0 atom stereocenters. The number of hydrogen-bond donors (Lipinski definition) is 1. The fourth-order valence-electron chi connectivity index (χ4n) is 2.55. The van der Waals surface area contributed by atoms with Crippen molar-refractivity contribution >= 4 is 23.1 Å². The van der Waals surface area contributed by atoms with Crippen molar-refractivity contribution < 1.29 is 0 Å². The van der Waals surface area contributed by atoms with Crippen molar-refractivity contribution in [2.75, 3.05) is 17.3 Å². The van der Waals surface area contributed by atoms with Crippen LogP contribution >= 0.6 is 0 Å². The third kappa shape index (κ3) is 3.54. The second kappa shape index (κ2) is 6.71. The van der Waals surface area contributed by atoms with E-state index >= 15 is 0 Å². The molecule has 4 nitrogen and oxygen atoms in total. The third-order valence-electron chi connectivity index (χ3n) is 3.97. The zero-order valence-electron chi connectivity index (χ0n) is 14.5. The number of rotatable bonds is 4. The molecule has 0 amide bonds. The van der Waals surface area contributed by atoms with Gasteiger partial charge in [-0.05, 0) is 50.1 Å². The first-order valence-electron chi connectivity index (χ1n) is 8.01. The van der Waals surface area contributed by atoms with Gasteiger partial charge >= 0.3 is 0 Å². The number of para-hydroxylation sites is 1. The third-order valence-corrected chi connectivity index (χ3v) is 3.97. The van der Waals surface area contributed by atoms with Gasteiger partial charge in [0, 0.05) is 30.2 Å². The maximum absolute atomic E-state index is 4.68. The summed E-state index contributed by atoms with van der Waals surface area (Å²) in [5.74, 6) is 1.47. The average Bonchev–Trinajstić information content (AvgIpc) is 2.58. The van der Waals surface area contributed by atoms with E-state index in [0.717, 1.165) is 22.9 Å². The van der Waals surface area contributed by atoms with E-state index in [2.05, 4.69) is 64.4 Å². The van der Waals surface area contributed by atoms with Crippen LogP contribution in [-0.2, 0) is 0 Å². The standard InChI is InChI=1S/C20H22N4/c1-14-10-11-15(2)18(12-14)22-20-21-16(3)13-19(23-20)24(4)17-8-6-5-7-9-17/h5-13H,1-4H3,(H,21,22,23). The van der Waals surface area contributed by atoms with Crippen LogP contribution in [0.2, 0.25) is 0 Å². The first-order chi connectivity index (χ1) is 11.5. The molecule has 1 heterocycles. The summed E-state index contributed by atoms with van der Waals surface area (Å²) in [7, 11) is 2.01. The summed E-state index contributed by atoms with van der Waals surface area (Å²) < 4.78 is 0. The summed E-state index contributed by atoms with van der Waals surface area (Å²) >= 11 is 0. The predicted octanol–water partition coefficient (Wildman–Crippen LogP) is 4.91. The van der Waals surface area contributed by atoms with Crippen LogP contribution in [0.4, 0.5) is 23.1 Å². The van der Waals surface area contributed by atoms with Crippen LogP contribution in [0.5, 0.6) is 0 Å². The molecule has 122 valence electrons. The van der Waals surface area contributed by atoms with Crippen molar-refractivity contribution in [3.8, 4) is 0 Å². The van der Waals surface area contributed by atoms with Gasteiger partial charge in [-0.15, -0.1) is 0 Å². The average molecular weight is 318 g/mol. The highest BCUT2D eigenvalue weighted by molar-refractivity contribution is 5.63. The molecule has 24 heavy (non-hydrogen) atoms. The van der Waals surface area contributed by atoms with Crippen LogP contribution < -0.4 is 10.2 Å². The number of benzene rings is 2. The van der Waals surface area contributed by atoms with Crippen molar-refractivity contribution in [3.05, 3.63) is 71.4 Å². The zero-order chi connectivity index (χ0) is 17.1. The van der Waals surface area contributed by atoms with E-state index < -0.39 is 0 Å². The highest BCUT2D eigenvalue weighted by Crippen LogP contribution is 2.25. The summed E-state index contributed by atoms with van der Waals surface area (Å²) in [5, 5.41) is 3.35. The van der Waals surface area contributed by atoms with E-state index in [0.29, 0.717) is 5.95 Å². The molecule has 0 unspecified atom stereocenters. The first-order valence-corrected chi connectivity index (χ1v) is 8.01. The summed E-state index contributed by atoms with van der Waals surface area (Å²) in [6.07, 6.45) is 0. The molecular formula is C20H22N4. The van der Waals surface area contributed by atoms with Gasteiger partial charge in [-0.1, -0.05) is 30.3 Å². The van der Waals surface area contributed by atoms with Crippen LogP contribution in [0, 0.1) is 20.8 Å². The Hall–Kier alpha value is -2.88. The molecule has 0 fully saturated rings. The monoisotopic (exact) mass is 318 g/mol. The Morgan fingerprint density at radius 1 is 0.875 bits per heavy atom. The molecule has 3 aromatic rings. The molecule has 1 N–H and O–H groups in total. The Bertz CT molecular complexity index is 844. The molecule has 2 aromatic carbocycles. The quantitative estimate of drug-likeness (QED) is 0.742. The lowest BCUT2D eigenvalue weighted by Crippen LogP contribution is -2.13. The van der Waals surface area contributed by atoms with E-state index in [9.17, 15) is 0 Å². The summed E-state index contributed by atoms with van der Waals surface area (Å²) in [4.78, 5) is 11.3. The number of aryl methyl sites for hydroxylation is 3. The molecular weight excluding hydrogens is 296 g/mol. The van der Waals surface area contributed by atoms with Crippen molar-refractivity contribution in [3.63, 3.8) is 0 Å². The second-order valence-electron chi connectivity index (χ2n) is 6.03. The maximum atomic E-state index is 4.68. The Balaban J connectivity index is 1.93. The maximum Gasteiger partial charge on any atom is 0.229 e. The van der Waals surface area contributed by atoms with Crippen molar-refractivity contribution in [1.29, 1.82) is 0 Å². The van der Waals surface area contributed by atoms with Gasteiger partial charge in [0.1, 0.15) is 5.82 Å². The van der Waals surface area contributed by atoms with Gasteiger partial charge in [-0.25, -0.2) is 4.98 Å². The van der Waals surface area contributed by atoms with E-state index in [1.165, 1.54) is 11.1 Å². The Morgan fingerprint density at radius 3 is 2.38 bits per heavy atom. The lowest BCUT2D eigenvalue weighted by atomic mass is 10.1. The smallest absolute Gasteiger partial charge is 0.229 e. The summed E-state index contributed by atoms with van der Waals surface area (Å²) in [5.41, 5.74) is 5.43. The normalized spacial score (nSPS) is 10.5. The minimum absolute atomic E-state index is 0.612. The summed E-state index contributed by atoms with van der Waals surface area (Å²) in [6, 6.07) is 18.5. The fourth-order valence-corrected chi connectivity index (χ4v) is 2.55. The fraction of sp³-hybridized carbons (Fsp3) is 0.200. The number of nitrogens with zero attached hydrogens (tertiary/aromatic N) is 3. The van der Waals surface area contributed by atoms with Crippen LogP contribution in [0.3, 0.4) is 0 Å². The van der Waals surface area contributed by atoms with Crippen molar-refractivity contribution in [2.45, 2.75) is 20.8 Å². The largest absolute Gasteiger partial charge is 0.329 e. The zero-order valence-corrected chi connectivity index (χ0v) is 14.5. The number of aromatic nitrogens is 2. The van der Waals surface area contributed by atoms with Gasteiger partial charge in [0.05, 0.1) is 0 Å². The van der Waals surface area contributed by atoms with Gasteiger partial charge in [-0.2, -0.15) is 4.98 Å². The molecule has 0 aliphatic heterocycles. The van der Waals surface area contributed by atoms with Crippen LogP contribution in [0.1, 0.15) is 16.8 Å². The van der Waals surface area contributed by atoms with E-state index in [4.69, 9.17) is 0 Å². The minimum Gasteiger partial charge on any atom is -0.329 e. The molecule has 0 saturated carbocycles. The van der Waals surface area contributed by atoms with Gasteiger partial charge in [0.2, 0.25) is 5.95 Å². The molecule has 4 heteroatoms. The minimum atomic E-state index is 0.612.